The molecular formula is C12H14O5. The van der Waals surface area contributed by atoms with Gasteiger partial charge in [-0.1, -0.05) is 6.58 Å². The van der Waals surface area contributed by atoms with E-state index >= 15 is 0 Å². The molecule has 0 heterocycles. The number of hydrogen-bond acceptors (Lipinski definition) is 4. The molecule has 0 bridgehead atoms. The Hall–Kier alpha value is -2.17. The van der Waals surface area contributed by atoms with Crippen LogP contribution in [0.2, 0.25) is 0 Å². The molecule has 0 saturated heterocycles. The van der Waals surface area contributed by atoms with Crippen LogP contribution in [0.1, 0.15) is 5.56 Å². The molecule has 0 aromatic heterocycles. The number of ether oxygens (including phenoxy) is 3. The molecule has 0 aliphatic carbocycles. The largest absolute Gasteiger partial charge is 0.493 e. The van der Waals surface area contributed by atoms with E-state index in [1.54, 1.807) is 0 Å². The number of aliphatic carboxylic acids is 1. The monoisotopic (exact) mass is 238 g/mol. The molecule has 5 heteroatoms. The van der Waals surface area contributed by atoms with Crippen molar-refractivity contribution in [2.75, 3.05) is 21.3 Å². The van der Waals surface area contributed by atoms with E-state index in [1.165, 1.54) is 33.5 Å². The highest BCUT2D eigenvalue weighted by Crippen LogP contribution is 2.39. The van der Waals surface area contributed by atoms with Crippen molar-refractivity contribution in [3.63, 3.8) is 0 Å². The average Bonchev–Trinajstić information content (AvgIpc) is 2.35. The van der Waals surface area contributed by atoms with Gasteiger partial charge in [0.2, 0.25) is 5.75 Å². The van der Waals surface area contributed by atoms with Crippen LogP contribution in [0.25, 0.3) is 5.57 Å². The van der Waals surface area contributed by atoms with Crippen molar-refractivity contribution in [2.45, 2.75) is 0 Å². The topological polar surface area (TPSA) is 65.0 Å². The van der Waals surface area contributed by atoms with Gasteiger partial charge in [0.1, 0.15) is 0 Å². The van der Waals surface area contributed by atoms with Crippen LogP contribution in [0.15, 0.2) is 18.7 Å². The molecule has 0 spiro atoms. The van der Waals surface area contributed by atoms with Crippen LogP contribution < -0.4 is 14.2 Å². The van der Waals surface area contributed by atoms with Crippen molar-refractivity contribution in [3.05, 3.63) is 24.3 Å². The first-order valence-electron chi connectivity index (χ1n) is 4.77. The van der Waals surface area contributed by atoms with Gasteiger partial charge in [-0.3, -0.25) is 0 Å². The van der Waals surface area contributed by atoms with E-state index in [2.05, 4.69) is 6.58 Å². The Labute approximate surface area is 99.2 Å². The van der Waals surface area contributed by atoms with E-state index in [4.69, 9.17) is 19.3 Å². The van der Waals surface area contributed by atoms with Gasteiger partial charge in [-0.05, 0) is 17.7 Å². The Morgan fingerprint density at radius 2 is 1.59 bits per heavy atom. The minimum Gasteiger partial charge on any atom is -0.493 e. The zero-order valence-corrected chi connectivity index (χ0v) is 9.94. The van der Waals surface area contributed by atoms with Gasteiger partial charge in [-0.25, -0.2) is 4.79 Å². The van der Waals surface area contributed by atoms with E-state index in [1.807, 2.05) is 0 Å². The first-order valence-corrected chi connectivity index (χ1v) is 4.77. The Balaban J connectivity index is 3.37. The Morgan fingerprint density at radius 1 is 1.12 bits per heavy atom. The first-order chi connectivity index (χ1) is 8.04. The molecule has 0 unspecified atom stereocenters. The van der Waals surface area contributed by atoms with Gasteiger partial charge in [-0.2, -0.15) is 0 Å². The molecule has 0 radical (unpaired) electrons. The zero-order chi connectivity index (χ0) is 13.0. The maximum atomic E-state index is 10.8. The second kappa shape index (κ2) is 5.25. The number of methoxy groups -OCH3 is 3. The molecule has 92 valence electrons. The number of carbonyl (C=O) groups is 1. The minimum absolute atomic E-state index is 0.0377. The van der Waals surface area contributed by atoms with Gasteiger partial charge >= 0.3 is 5.97 Å². The summed E-state index contributed by atoms with van der Waals surface area (Å²) in [6.45, 7) is 3.48. The lowest BCUT2D eigenvalue weighted by molar-refractivity contribution is -0.130. The Morgan fingerprint density at radius 3 is 1.88 bits per heavy atom. The van der Waals surface area contributed by atoms with E-state index in [9.17, 15) is 4.79 Å². The Kier molecular flexibility index (Phi) is 3.98. The highest BCUT2D eigenvalue weighted by Gasteiger charge is 2.16. The van der Waals surface area contributed by atoms with Crippen LogP contribution in [0.3, 0.4) is 0 Å². The second-order valence-corrected chi connectivity index (χ2v) is 3.20. The third-order valence-corrected chi connectivity index (χ3v) is 2.27. The molecule has 0 amide bonds. The highest BCUT2D eigenvalue weighted by atomic mass is 16.5. The maximum Gasteiger partial charge on any atom is 0.335 e. The molecule has 0 saturated carbocycles. The van der Waals surface area contributed by atoms with Crippen LogP contribution in [-0.2, 0) is 4.79 Å². The second-order valence-electron chi connectivity index (χ2n) is 3.20. The summed E-state index contributed by atoms with van der Waals surface area (Å²) in [5, 5.41) is 8.88. The number of carboxylic acid groups (broad SMARTS) is 1. The number of rotatable bonds is 5. The predicted molar refractivity (Wildman–Crippen MR) is 62.8 cm³/mol. The fourth-order valence-electron chi connectivity index (χ4n) is 1.38. The van der Waals surface area contributed by atoms with Gasteiger partial charge in [0, 0.05) is 0 Å². The van der Waals surface area contributed by atoms with E-state index < -0.39 is 5.97 Å². The van der Waals surface area contributed by atoms with Crippen molar-refractivity contribution in [2.24, 2.45) is 0 Å². The summed E-state index contributed by atoms with van der Waals surface area (Å²) in [7, 11) is 4.40. The van der Waals surface area contributed by atoms with Crippen LogP contribution in [0.5, 0.6) is 17.2 Å². The van der Waals surface area contributed by atoms with Crippen LogP contribution in [0, 0.1) is 0 Å². The molecule has 0 fully saturated rings. The van der Waals surface area contributed by atoms with E-state index in [-0.39, 0.29) is 5.57 Å². The SMILES string of the molecule is C=C(C(=O)O)c1cc(OC)c(OC)c(OC)c1. The number of benzene rings is 1. The number of carboxylic acids is 1. The van der Waals surface area contributed by atoms with Gasteiger partial charge in [0.15, 0.2) is 11.5 Å². The van der Waals surface area contributed by atoms with Gasteiger partial charge < -0.3 is 19.3 Å². The summed E-state index contributed by atoms with van der Waals surface area (Å²) < 4.78 is 15.3. The van der Waals surface area contributed by atoms with Gasteiger partial charge in [-0.15, -0.1) is 0 Å². The lowest BCUT2D eigenvalue weighted by Gasteiger charge is -2.13. The quantitative estimate of drug-likeness (QED) is 0.792. The molecule has 0 atom stereocenters. The molecule has 5 nitrogen and oxygen atoms in total. The number of hydrogen-bond donors (Lipinski definition) is 1. The normalized spacial score (nSPS) is 9.59. The minimum atomic E-state index is -1.10. The van der Waals surface area contributed by atoms with Crippen LogP contribution in [-0.4, -0.2) is 32.4 Å². The van der Waals surface area contributed by atoms with Crippen LogP contribution >= 0.6 is 0 Å². The Bertz CT molecular complexity index is 425. The highest BCUT2D eigenvalue weighted by molar-refractivity contribution is 6.14. The lowest BCUT2D eigenvalue weighted by Crippen LogP contribution is -2.01. The maximum absolute atomic E-state index is 10.8. The molecule has 17 heavy (non-hydrogen) atoms. The summed E-state index contributed by atoms with van der Waals surface area (Å²) in [5.74, 6) is 0.102. The summed E-state index contributed by atoms with van der Waals surface area (Å²) in [4.78, 5) is 10.8. The molecule has 1 aromatic rings. The lowest BCUT2D eigenvalue weighted by atomic mass is 10.1. The van der Waals surface area contributed by atoms with Crippen molar-refractivity contribution < 1.29 is 24.1 Å². The molecule has 1 aromatic carbocycles. The fraction of sp³-hybridized carbons (Fsp3) is 0.250. The molecule has 0 aliphatic rings. The van der Waals surface area contributed by atoms with Crippen molar-refractivity contribution in [3.8, 4) is 17.2 Å². The first kappa shape index (κ1) is 12.9. The van der Waals surface area contributed by atoms with Gasteiger partial charge in [0.05, 0.1) is 26.9 Å². The van der Waals surface area contributed by atoms with Crippen molar-refractivity contribution in [1.82, 2.24) is 0 Å². The summed E-state index contributed by atoms with van der Waals surface area (Å²) in [5.41, 5.74) is 0.372. The summed E-state index contributed by atoms with van der Waals surface area (Å²) in [6.07, 6.45) is 0. The van der Waals surface area contributed by atoms with Crippen LogP contribution in [0.4, 0.5) is 0 Å². The predicted octanol–water partition coefficient (Wildman–Crippen LogP) is 1.81. The smallest absolute Gasteiger partial charge is 0.335 e. The average molecular weight is 238 g/mol. The van der Waals surface area contributed by atoms with Gasteiger partial charge in [0.25, 0.3) is 0 Å². The molecule has 0 aliphatic heterocycles. The summed E-state index contributed by atoms with van der Waals surface area (Å²) >= 11 is 0. The standard InChI is InChI=1S/C12H14O5/c1-7(12(13)14)8-5-9(15-2)11(17-4)10(6-8)16-3/h5-6H,1H2,2-4H3,(H,13,14). The third kappa shape index (κ3) is 2.50. The summed E-state index contributed by atoms with van der Waals surface area (Å²) in [6, 6.07) is 3.08. The van der Waals surface area contributed by atoms with E-state index in [0.717, 1.165) is 0 Å². The zero-order valence-electron chi connectivity index (χ0n) is 9.94. The fourth-order valence-corrected chi connectivity index (χ4v) is 1.38. The van der Waals surface area contributed by atoms with Crippen molar-refractivity contribution >= 4 is 11.5 Å². The van der Waals surface area contributed by atoms with E-state index in [0.29, 0.717) is 22.8 Å². The van der Waals surface area contributed by atoms with Crippen molar-refractivity contribution in [1.29, 1.82) is 0 Å². The third-order valence-electron chi connectivity index (χ3n) is 2.27. The molecule has 1 rings (SSSR count). The molecule has 1 N–H and O–H groups in total. The molecular weight excluding hydrogens is 224 g/mol.